The van der Waals surface area contributed by atoms with Crippen molar-refractivity contribution >= 4 is 10.0 Å². The molecule has 1 atom stereocenters. The van der Waals surface area contributed by atoms with Gasteiger partial charge in [-0.1, -0.05) is 17.3 Å². The summed E-state index contributed by atoms with van der Waals surface area (Å²) in [4.78, 5) is 1.95. The van der Waals surface area contributed by atoms with Crippen LogP contribution in [-0.2, 0) is 15.8 Å². The van der Waals surface area contributed by atoms with Gasteiger partial charge in [-0.05, 0) is 31.8 Å². The maximum atomic E-state index is 12.1. The molecule has 2 aromatic rings. The molecule has 23 heavy (non-hydrogen) atoms. The van der Waals surface area contributed by atoms with Crippen molar-refractivity contribution < 1.29 is 17.7 Å². The molecule has 1 aromatic heterocycles. The molecule has 0 radical (unpaired) electrons. The molecule has 0 aliphatic heterocycles. The Labute approximate surface area is 136 Å². The lowest BCUT2D eigenvalue weighted by Crippen LogP contribution is -2.35. The predicted octanol–water partition coefficient (Wildman–Crippen LogP) is 1.41. The summed E-state index contributed by atoms with van der Waals surface area (Å²) in [6, 6.07) is 9.00. The van der Waals surface area contributed by atoms with E-state index in [4.69, 9.17) is 4.74 Å². The second kappa shape index (κ2) is 7.58. The van der Waals surface area contributed by atoms with Crippen molar-refractivity contribution in [3.8, 4) is 5.75 Å². The second-order valence-corrected chi connectivity index (χ2v) is 7.16. The fraction of sp³-hybridized carbons (Fsp3) is 0.400. The molecular formula is C15H21N3O4S. The van der Waals surface area contributed by atoms with Crippen LogP contribution in [0.2, 0.25) is 0 Å². The Hall–Kier alpha value is -1.90. The van der Waals surface area contributed by atoms with Crippen LogP contribution < -0.4 is 9.46 Å². The van der Waals surface area contributed by atoms with Crippen LogP contribution in [0.1, 0.15) is 17.3 Å². The summed E-state index contributed by atoms with van der Waals surface area (Å²) in [5.74, 6) is 0.529. The topological polar surface area (TPSA) is 84.7 Å². The SMILES string of the molecule is COc1cccc(C(CNS(=O)(=O)Cc2ccon2)N(C)C)c1. The lowest BCUT2D eigenvalue weighted by molar-refractivity contribution is 0.298. The van der Waals surface area contributed by atoms with E-state index in [1.807, 2.05) is 43.3 Å². The van der Waals surface area contributed by atoms with Gasteiger partial charge in [-0.25, -0.2) is 13.1 Å². The molecule has 0 amide bonds. The normalized spacial score (nSPS) is 13.2. The molecule has 126 valence electrons. The van der Waals surface area contributed by atoms with Crippen molar-refractivity contribution in [2.24, 2.45) is 0 Å². The van der Waals surface area contributed by atoms with Gasteiger partial charge in [0.2, 0.25) is 10.0 Å². The van der Waals surface area contributed by atoms with Gasteiger partial charge in [0.1, 0.15) is 17.8 Å². The van der Waals surface area contributed by atoms with Gasteiger partial charge in [-0.2, -0.15) is 0 Å². The van der Waals surface area contributed by atoms with Crippen LogP contribution in [0, 0.1) is 0 Å². The van der Waals surface area contributed by atoms with Crippen LogP contribution in [0.3, 0.4) is 0 Å². The van der Waals surface area contributed by atoms with Crippen molar-refractivity contribution in [1.29, 1.82) is 0 Å². The minimum absolute atomic E-state index is 0.114. The maximum Gasteiger partial charge on any atom is 0.217 e. The highest BCUT2D eigenvalue weighted by Gasteiger charge is 2.19. The van der Waals surface area contributed by atoms with Crippen molar-refractivity contribution in [2.75, 3.05) is 27.7 Å². The number of aromatic nitrogens is 1. The van der Waals surface area contributed by atoms with E-state index in [2.05, 4.69) is 14.4 Å². The number of benzene rings is 1. The highest BCUT2D eigenvalue weighted by molar-refractivity contribution is 7.88. The van der Waals surface area contributed by atoms with Gasteiger partial charge in [0, 0.05) is 18.7 Å². The molecule has 8 heteroatoms. The first-order valence-corrected chi connectivity index (χ1v) is 8.73. The molecule has 0 spiro atoms. The van der Waals surface area contributed by atoms with Gasteiger partial charge >= 0.3 is 0 Å². The van der Waals surface area contributed by atoms with Gasteiger partial charge in [0.25, 0.3) is 0 Å². The zero-order valence-corrected chi connectivity index (χ0v) is 14.2. The Balaban J connectivity index is 2.07. The number of hydrogen-bond acceptors (Lipinski definition) is 6. The number of sulfonamides is 1. The summed E-state index contributed by atoms with van der Waals surface area (Å²) in [5.41, 5.74) is 1.35. The van der Waals surface area contributed by atoms with Crippen molar-refractivity contribution in [3.05, 3.63) is 47.9 Å². The maximum absolute atomic E-state index is 12.1. The van der Waals surface area contributed by atoms with E-state index in [-0.39, 0.29) is 18.3 Å². The van der Waals surface area contributed by atoms with Crippen LogP contribution in [0.25, 0.3) is 0 Å². The van der Waals surface area contributed by atoms with Crippen molar-refractivity contribution in [2.45, 2.75) is 11.8 Å². The predicted molar refractivity (Wildman–Crippen MR) is 86.6 cm³/mol. The first kappa shape index (κ1) is 17.5. The lowest BCUT2D eigenvalue weighted by atomic mass is 10.1. The number of methoxy groups -OCH3 is 1. The smallest absolute Gasteiger partial charge is 0.217 e. The quantitative estimate of drug-likeness (QED) is 0.783. The third kappa shape index (κ3) is 5.05. The number of hydrogen-bond donors (Lipinski definition) is 1. The molecule has 7 nitrogen and oxygen atoms in total. The Kier molecular flexibility index (Phi) is 5.75. The molecule has 0 saturated carbocycles. The number of ether oxygens (including phenoxy) is 1. The van der Waals surface area contributed by atoms with E-state index in [1.54, 1.807) is 7.11 Å². The average molecular weight is 339 g/mol. The number of nitrogens with zero attached hydrogens (tertiary/aromatic N) is 2. The molecule has 0 aliphatic carbocycles. The van der Waals surface area contributed by atoms with E-state index in [0.29, 0.717) is 5.69 Å². The van der Waals surface area contributed by atoms with Gasteiger partial charge in [0.05, 0.1) is 12.8 Å². The molecular weight excluding hydrogens is 318 g/mol. The number of likely N-dealkylation sites (N-methyl/N-ethyl adjacent to an activating group) is 1. The largest absolute Gasteiger partial charge is 0.497 e. The molecule has 1 heterocycles. The molecule has 1 aromatic carbocycles. The minimum Gasteiger partial charge on any atom is -0.497 e. The standard InChI is InChI=1S/C15H21N3O4S/c1-18(2)15(12-5-4-6-14(9-12)21-3)10-16-23(19,20)11-13-7-8-22-17-13/h4-9,15-16H,10-11H2,1-3H3. The Bertz CT molecular complexity index is 714. The first-order valence-electron chi connectivity index (χ1n) is 7.08. The average Bonchev–Trinajstić information content (AvgIpc) is 2.99. The molecule has 0 aliphatic rings. The monoisotopic (exact) mass is 339 g/mol. The third-order valence-electron chi connectivity index (χ3n) is 3.43. The summed E-state index contributed by atoms with van der Waals surface area (Å²) in [6.07, 6.45) is 1.35. The van der Waals surface area contributed by atoms with Crippen LogP contribution >= 0.6 is 0 Å². The van der Waals surface area contributed by atoms with E-state index in [1.165, 1.54) is 12.3 Å². The first-order chi connectivity index (χ1) is 10.9. The fourth-order valence-electron chi connectivity index (χ4n) is 2.21. The molecule has 1 unspecified atom stereocenters. The number of rotatable bonds is 8. The highest BCUT2D eigenvalue weighted by atomic mass is 32.2. The Morgan fingerprint density at radius 1 is 1.35 bits per heavy atom. The molecule has 0 fully saturated rings. The van der Waals surface area contributed by atoms with Crippen LogP contribution in [0.4, 0.5) is 0 Å². The van der Waals surface area contributed by atoms with Gasteiger partial charge in [-0.3, -0.25) is 0 Å². The van der Waals surface area contributed by atoms with Crippen LogP contribution in [0.5, 0.6) is 5.75 Å². The van der Waals surface area contributed by atoms with Crippen molar-refractivity contribution in [3.63, 3.8) is 0 Å². The fourth-order valence-corrected chi connectivity index (χ4v) is 3.26. The van der Waals surface area contributed by atoms with E-state index in [0.717, 1.165) is 11.3 Å². The molecule has 1 N–H and O–H groups in total. The van der Waals surface area contributed by atoms with E-state index >= 15 is 0 Å². The van der Waals surface area contributed by atoms with Crippen LogP contribution in [0.15, 0.2) is 41.1 Å². The zero-order chi connectivity index (χ0) is 16.9. The minimum atomic E-state index is -3.49. The van der Waals surface area contributed by atoms with E-state index < -0.39 is 10.0 Å². The summed E-state index contributed by atoms with van der Waals surface area (Å²) >= 11 is 0. The van der Waals surface area contributed by atoms with Gasteiger partial charge in [0.15, 0.2) is 0 Å². The zero-order valence-electron chi connectivity index (χ0n) is 13.4. The summed E-state index contributed by atoms with van der Waals surface area (Å²) in [5, 5.41) is 3.62. The van der Waals surface area contributed by atoms with E-state index in [9.17, 15) is 8.42 Å². The Morgan fingerprint density at radius 2 is 2.13 bits per heavy atom. The van der Waals surface area contributed by atoms with Crippen LogP contribution in [-0.4, -0.2) is 46.2 Å². The second-order valence-electron chi connectivity index (χ2n) is 5.35. The summed E-state index contributed by atoms with van der Waals surface area (Å²) in [7, 11) is 1.91. The molecule has 0 saturated heterocycles. The Morgan fingerprint density at radius 3 is 2.74 bits per heavy atom. The highest BCUT2D eigenvalue weighted by Crippen LogP contribution is 2.22. The lowest BCUT2D eigenvalue weighted by Gasteiger charge is -2.25. The molecule has 2 rings (SSSR count). The van der Waals surface area contributed by atoms with Crippen molar-refractivity contribution in [1.82, 2.24) is 14.8 Å². The van der Waals surface area contributed by atoms with Gasteiger partial charge < -0.3 is 14.2 Å². The third-order valence-corrected chi connectivity index (χ3v) is 4.71. The summed E-state index contributed by atoms with van der Waals surface area (Å²) in [6.45, 7) is 0.250. The summed E-state index contributed by atoms with van der Waals surface area (Å²) < 4.78 is 36.8. The molecule has 0 bridgehead atoms. The number of nitrogens with one attached hydrogen (secondary N) is 1. The van der Waals surface area contributed by atoms with Gasteiger partial charge in [-0.15, -0.1) is 0 Å².